The maximum Gasteiger partial charge on any atom is 0.306 e. The topological polar surface area (TPSA) is 104 Å². The molecule has 1 aliphatic carbocycles. The molecule has 28 heavy (non-hydrogen) atoms. The van der Waals surface area contributed by atoms with Crippen LogP contribution in [0.25, 0.3) is 0 Å². The fourth-order valence-electron chi connectivity index (χ4n) is 4.29. The summed E-state index contributed by atoms with van der Waals surface area (Å²) >= 11 is 0. The zero-order valence-electron chi connectivity index (χ0n) is 16.2. The minimum absolute atomic E-state index is 0.134. The minimum atomic E-state index is -0.931. The summed E-state index contributed by atoms with van der Waals surface area (Å²) < 4.78 is 0. The number of carboxylic acids is 1. The largest absolute Gasteiger partial charge is 0.481 e. The Balaban J connectivity index is 1.74. The van der Waals surface area contributed by atoms with Crippen LogP contribution in [0.2, 0.25) is 0 Å². The molecule has 2 N–H and O–H groups in total. The Kier molecular flexibility index (Phi) is 5.82. The standard InChI is InChI=1S/C21H26N2O5/c1-12(2)17(23-19(25)15-9-5-6-10-16(15)20(23)26)18(24)22-11-13-7-3-4-8-14(13)21(27)28/h5-6,9-10,12-14,17H,3-4,7-8,11H2,1-2H3,(H,22,24)(H,27,28)/t13-,14-,17?/m0/s1. The van der Waals surface area contributed by atoms with Crippen LogP contribution in [0.5, 0.6) is 0 Å². The number of carboxylic acid groups (broad SMARTS) is 1. The summed E-state index contributed by atoms with van der Waals surface area (Å²) in [6, 6.07) is 5.62. The van der Waals surface area contributed by atoms with E-state index in [2.05, 4.69) is 5.32 Å². The third-order valence-electron chi connectivity index (χ3n) is 5.77. The van der Waals surface area contributed by atoms with Crippen molar-refractivity contribution in [2.45, 2.75) is 45.6 Å². The molecular formula is C21H26N2O5. The van der Waals surface area contributed by atoms with Gasteiger partial charge in [-0.3, -0.25) is 24.1 Å². The van der Waals surface area contributed by atoms with Gasteiger partial charge in [0.15, 0.2) is 0 Å². The number of imide groups is 1. The molecule has 1 saturated carbocycles. The van der Waals surface area contributed by atoms with Crippen LogP contribution >= 0.6 is 0 Å². The summed E-state index contributed by atoms with van der Waals surface area (Å²) in [4.78, 5) is 50.9. The van der Waals surface area contributed by atoms with Gasteiger partial charge in [0, 0.05) is 6.54 Å². The number of hydrogen-bond acceptors (Lipinski definition) is 4. The number of amides is 3. The molecule has 3 rings (SSSR count). The van der Waals surface area contributed by atoms with E-state index in [9.17, 15) is 24.3 Å². The summed E-state index contributed by atoms with van der Waals surface area (Å²) in [6.45, 7) is 3.81. The fourth-order valence-corrected chi connectivity index (χ4v) is 4.29. The second kappa shape index (κ2) is 8.12. The lowest BCUT2D eigenvalue weighted by Crippen LogP contribution is -2.53. The molecular weight excluding hydrogens is 360 g/mol. The Bertz CT molecular complexity index is 769. The van der Waals surface area contributed by atoms with E-state index in [4.69, 9.17) is 0 Å². The second-order valence-electron chi connectivity index (χ2n) is 7.95. The highest BCUT2D eigenvalue weighted by Gasteiger charge is 2.44. The molecule has 2 aliphatic rings. The number of carbonyl (C=O) groups excluding carboxylic acids is 3. The molecule has 0 aromatic heterocycles. The van der Waals surface area contributed by atoms with Crippen molar-refractivity contribution < 1.29 is 24.3 Å². The van der Waals surface area contributed by atoms with Gasteiger partial charge in [0.2, 0.25) is 5.91 Å². The van der Waals surface area contributed by atoms with Gasteiger partial charge < -0.3 is 10.4 Å². The molecule has 0 radical (unpaired) electrons. The summed E-state index contributed by atoms with van der Waals surface area (Å²) in [6.07, 6.45) is 3.18. The summed E-state index contributed by atoms with van der Waals surface area (Å²) in [7, 11) is 0. The number of fused-ring (bicyclic) bond motifs is 1. The highest BCUT2D eigenvalue weighted by molar-refractivity contribution is 6.22. The Hall–Kier alpha value is -2.70. The van der Waals surface area contributed by atoms with Crippen molar-refractivity contribution in [2.24, 2.45) is 17.8 Å². The van der Waals surface area contributed by atoms with Gasteiger partial charge in [0.05, 0.1) is 17.0 Å². The fraction of sp³-hybridized carbons (Fsp3) is 0.524. The lowest BCUT2D eigenvalue weighted by Gasteiger charge is -2.31. The number of rotatable bonds is 6. The molecule has 1 aromatic rings. The number of benzene rings is 1. The van der Waals surface area contributed by atoms with Crippen molar-refractivity contribution >= 4 is 23.7 Å². The van der Waals surface area contributed by atoms with E-state index in [1.807, 2.05) is 0 Å². The Morgan fingerprint density at radius 3 is 2.21 bits per heavy atom. The van der Waals surface area contributed by atoms with E-state index in [0.29, 0.717) is 17.5 Å². The molecule has 1 heterocycles. The summed E-state index contributed by atoms with van der Waals surface area (Å²) in [5.74, 6) is -3.05. The molecule has 0 saturated heterocycles. The predicted molar refractivity (Wildman–Crippen MR) is 102 cm³/mol. The van der Waals surface area contributed by atoms with Crippen molar-refractivity contribution in [2.75, 3.05) is 6.54 Å². The lowest BCUT2D eigenvalue weighted by molar-refractivity contribution is -0.145. The van der Waals surface area contributed by atoms with Crippen molar-refractivity contribution in [3.8, 4) is 0 Å². The van der Waals surface area contributed by atoms with Crippen LogP contribution in [0.1, 0.15) is 60.2 Å². The van der Waals surface area contributed by atoms with Gasteiger partial charge in [0.25, 0.3) is 11.8 Å². The number of nitrogens with zero attached hydrogens (tertiary/aromatic N) is 1. The van der Waals surface area contributed by atoms with E-state index in [1.165, 1.54) is 0 Å². The first-order chi connectivity index (χ1) is 13.3. The van der Waals surface area contributed by atoms with Crippen LogP contribution in [0.3, 0.4) is 0 Å². The molecule has 3 amide bonds. The summed E-state index contributed by atoms with van der Waals surface area (Å²) in [5.41, 5.74) is 0.619. The van der Waals surface area contributed by atoms with Crippen LogP contribution in [0.15, 0.2) is 24.3 Å². The normalized spacial score (nSPS) is 22.9. The lowest BCUT2D eigenvalue weighted by atomic mass is 9.79. The molecule has 0 spiro atoms. The molecule has 1 fully saturated rings. The number of carbonyl (C=O) groups is 4. The van der Waals surface area contributed by atoms with Crippen LogP contribution < -0.4 is 5.32 Å². The van der Waals surface area contributed by atoms with Gasteiger partial charge in [-0.05, 0) is 36.8 Å². The van der Waals surface area contributed by atoms with E-state index in [0.717, 1.165) is 24.2 Å². The molecule has 0 bridgehead atoms. The number of aliphatic carboxylic acids is 1. The van der Waals surface area contributed by atoms with E-state index < -0.39 is 35.7 Å². The maximum atomic E-state index is 12.9. The van der Waals surface area contributed by atoms with Gasteiger partial charge in [-0.25, -0.2) is 0 Å². The number of nitrogens with one attached hydrogen (secondary N) is 1. The first-order valence-electron chi connectivity index (χ1n) is 9.80. The molecule has 7 nitrogen and oxygen atoms in total. The smallest absolute Gasteiger partial charge is 0.306 e. The monoisotopic (exact) mass is 386 g/mol. The average molecular weight is 386 g/mol. The van der Waals surface area contributed by atoms with E-state index in [1.54, 1.807) is 38.1 Å². The maximum absolute atomic E-state index is 12.9. The molecule has 7 heteroatoms. The highest BCUT2D eigenvalue weighted by Crippen LogP contribution is 2.30. The van der Waals surface area contributed by atoms with E-state index in [-0.39, 0.29) is 18.4 Å². The third-order valence-corrected chi connectivity index (χ3v) is 5.77. The first kappa shape index (κ1) is 20.0. The zero-order chi connectivity index (χ0) is 20.4. The quantitative estimate of drug-likeness (QED) is 0.730. The van der Waals surface area contributed by atoms with Gasteiger partial charge in [-0.2, -0.15) is 0 Å². The molecule has 1 unspecified atom stereocenters. The van der Waals surface area contributed by atoms with Gasteiger partial charge >= 0.3 is 5.97 Å². The molecule has 1 aliphatic heterocycles. The molecule has 1 aromatic carbocycles. The molecule has 150 valence electrons. The number of hydrogen-bond donors (Lipinski definition) is 2. The van der Waals surface area contributed by atoms with Crippen LogP contribution in [-0.4, -0.2) is 46.3 Å². The molecule has 3 atom stereocenters. The Morgan fingerprint density at radius 2 is 1.68 bits per heavy atom. The SMILES string of the molecule is CC(C)C(C(=O)NC[C@@H]1CCCC[C@@H]1C(=O)O)N1C(=O)c2ccccc2C1=O. The van der Waals surface area contributed by atoms with Crippen molar-refractivity contribution in [1.29, 1.82) is 0 Å². The van der Waals surface area contributed by atoms with Crippen LogP contribution in [0.4, 0.5) is 0 Å². The second-order valence-corrected chi connectivity index (χ2v) is 7.95. The minimum Gasteiger partial charge on any atom is -0.481 e. The third kappa shape index (κ3) is 3.66. The van der Waals surface area contributed by atoms with Crippen molar-refractivity contribution in [3.05, 3.63) is 35.4 Å². The zero-order valence-corrected chi connectivity index (χ0v) is 16.2. The highest BCUT2D eigenvalue weighted by atomic mass is 16.4. The van der Waals surface area contributed by atoms with Crippen molar-refractivity contribution in [1.82, 2.24) is 10.2 Å². The first-order valence-corrected chi connectivity index (χ1v) is 9.80. The Morgan fingerprint density at radius 1 is 1.11 bits per heavy atom. The van der Waals surface area contributed by atoms with Gasteiger partial charge in [-0.15, -0.1) is 0 Å². The summed E-state index contributed by atoms with van der Waals surface area (Å²) in [5, 5.41) is 12.2. The Labute approximate surface area is 164 Å². The predicted octanol–water partition coefficient (Wildman–Crippen LogP) is 2.31. The average Bonchev–Trinajstić information content (AvgIpc) is 2.92. The van der Waals surface area contributed by atoms with Gasteiger partial charge in [-0.1, -0.05) is 38.8 Å². The van der Waals surface area contributed by atoms with Crippen LogP contribution in [0, 0.1) is 17.8 Å². The van der Waals surface area contributed by atoms with Crippen molar-refractivity contribution in [3.63, 3.8) is 0 Å². The van der Waals surface area contributed by atoms with Gasteiger partial charge in [0.1, 0.15) is 6.04 Å². The van der Waals surface area contributed by atoms with E-state index >= 15 is 0 Å². The van der Waals surface area contributed by atoms with Crippen LogP contribution in [-0.2, 0) is 9.59 Å².